The minimum atomic E-state index is -0.514. The maximum Gasteiger partial charge on any atom is 0.271 e. The number of ether oxygens (including phenoxy) is 1. The van der Waals surface area contributed by atoms with Crippen molar-refractivity contribution in [3.05, 3.63) is 119 Å². The standard InChI is InChI=1S/C35H29FN4O3/c1-23-31(34(41)40(29-11-5-6-12-29)35(42)32(23)20-37)19-26-21-39(28-9-3-2-4-10-28)38-33(26)25-8-7-13-30(18-25)43-22-24-14-16-27(36)17-15-24/h2-4,7-10,13-19,21,29H,5-6,11-12,22H2,1H3/b31-19+. The van der Waals surface area contributed by atoms with Crippen LogP contribution in [0.3, 0.4) is 0 Å². The Morgan fingerprint density at radius 2 is 1.74 bits per heavy atom. The number of para-hydroxylation sites is 1. The van der Waals surface area contributed by atoms with Crippen LogP contribution < -0.4 is 4.74 Å². The molecular formula is C35H29FN4O3. The van der Waals surface area contributed by atoms with Gasteiger partial charge < -0.3 is 4.74 Å². The van der Waals surface area contributed by atoms with Crippen molar-refractivity contribution < 1.29 is 18.7 Å². The van der Waals surface area contributed by atoms with Gasteiger partial charge in [-0.15, -0.1) is 0 Å². The number of amides is 2. The minimum absolute atomic E-state index is 0.00839. The predicted molar refractivity (Wildman–Crippen MR) is 160 cm³/mol. The van der Waals surface area contributed by atoms with E-state index in [9.17, 15) is 19.2 Å². The van der Waals surface area contributed by atoms with E-state index >= 15 is 0 Å². The molecule has 0 radical (unpaired) electrons. The van der Waals surface area contributed by atoms with Crippen molar-refractivity contribution >= 4 is 17.9 Å². The zero-order valence-corrected chi connectivity index (χ0v) is 23.7. The quantitative estimate of drug-likeness (QED) is 0.180. The molecule has 1 aliphatic carbocycles. The summed E-state index contributed by atoms with van der Waals surface area (Å²) in [5, 5.41) is 14.8. The molecular weight excluding hydrogens is 543 g/mol. The Labute approximate surface area is 249 Å². The van der Waals surface area contributed by atoms with Gasteiger partial charge in [-0.3, -0.25) is 14.5 Å². The maximum absolute atomic E-state index is 13.8. The summed E-state index contributed by atoms with van der Waals surface area (Å²) in [6, 6.07) is 25.1. The molecule has 2 aliphatic rings. The highest BCUT2D eigenvalue weighted by Gasteiger charge is 2.40. The summed E-state index contributed by atoms with van der Waals surface area (Å²) in [6.07, 6.45) is 6.94. The lowest BCUT2D eigenvalue weighted by Crippen LogP contribution is -2.47. The van der Waals surface area contributed by atoms with E-state index in [4.69, 9.17) is 9.84 Å². The van der Waals surface area contributed by atoms with Crippen molar-refractivity contribution in [2.75, 3.05) is 0 Å². The first-order valence-corrected chi connectivity index (χ1v) is 14.3. The molecule has 6 rings (SSSR count). The molecule has 2 heterocycles. The molecule has 8 heteroatoms. The molecule has 1 fully saturated rings. The first-order chi connectivity index (χ1) is 20.9. The number of nitriles is 1. The Hall–Kier alpha value is -5.29. The third kappa shape index (κ3) is 5.62. The second-order valence-corrected chi connectivity index (χ2v) is 10.7. The van der Waals surface area contributed by atoms with E-state index in [0.29, 0.717) is 28.2 Å². The lowest BCUT2D eigenvalue weighted by atomic mass is 9.92. The number of carbonyl (C=O) groups excluding carboxylic acids is 2. The van der Waals surface area contributed by atoms with Crippen LogP contribution in [-0.4, -0.2) is 32.5 Å². The minimum Gasteiger partial charge on any atom is -0.489 e. The highest BCUT2D eigenvalue weighted by Crippen LogP contribution is 2.35. The fourth-order valence-corrected chi connectivity index (χ4v) is 5.66. The van der Waals surface area contributed by atoms with Crippen molar-refractivity contribution in [1.82, 2.24) is 14.7 Å². The van der Waals surface area contributed by atoms with Crippen LogP contribution in [0.15, 0.2) is 102 Å². The van der Waals surface area contributed by atoms with E-state index in [1.54, 1.807) is 29.8 Å². The summed E-state index contributed by atoms with van der Waals surface area (Å²) in [4.78, 5) is 28.3. The highest BCUT2D eigenvalue weighted by atomic mass is 19.1. The van der Waals surface area contributed by atoms with Gasteiger partial charge in [0, 0.05) is 28.9 Å². The zero-order valence-electron chi connectivity index (χ0n) is 23.7. The second-order valence-electron chi connectivity index (χ2n) is 10.7. The molecule has 7 nitrogen and oxygen atoms in total. The normalized spacial score (nSPS) is 16.7. The molecule has 0 atom stereocenters. The van der Waals surface area contributed by atoms with Crippen LogP contribution in [-0.2, 0) is 16.2 Å². The number of rotatable bonds is 7. The van der Waals surface area contributed by atoms with E-state index in [-0.39, 0.29) is 29.9 Å². The molecule has 1 aromatic heterocycles. The van der Waals surface area contributed by atoms with Gasteiger partial charge in [-0.25, -0.2) is 9.07 Å². The van der Waals surface area contributed by atoms with Crippen molar-refractivity contribution in [3.8, 4) is 28.8 Å². The molecule has 0 N–H and O–H groups in total. The van der Waals surface area contributed by atoms with Gasteiger partial charge in [-0.1, -0.05) is 55.3 Å². The summed E-state index contributed by atoms with van der Waals surface area (Å²) in [6.45, 7) is 1.91. The number of benzene rings is 3. The largest absolute Gasteiger partial charge is 0.489 e. The molecule has 214 valence electrons. The van der Waals surface area contributed by atoms with E-state index in [1.165, 1.54) is 17.0 Å². The van der Waals surface area contributed by atoms with Gasteiger partial charge >= 0.3 is 0 Å². The van der Waals surface area contributed by atoms with Crippen LogP contribution >= 0.6 is 0 Å². The number of carbonyl (C=O) groups is 2. The first kappa shape index (κ1) is 27.9. The van der Waals surface area contributed by atoms with Crippen molar-refractivity contribution in [3.63, 3.8) is 0 Å². The van der Waals surface area contributed by atoms with Gasteiger partial charge in [0.25, 0.3) is 11.8 Å². The molecule has 1 aliphatic heterocycles. The van der Waals surface area contributed by atoms with Crippen LogP contribution in [0.2, 0.25) is 0 Å². The third-order valence-corrected chi connectivity index (χ3v) is 7.95. The fourth-order valence-electron chi connectivity index (χ4n) is 5.66. The van der Waals surface area contributed by atoms with E-state index < -0.39 is 5.91 Å². The summed E-state index contributed by atoms with van der Waals surface area (Å²) >= 11 is 0. The van der Waals surface area contributed by atoms with E-state index in [1.807, 2.05) is 66.9 Å². The molecule has 4 aromatic rings. The van der Waals surface area contributed by atoms with Gasteiger partial charge in [0.15, 0.2) is 0 Å². The van der Waals surface area contributed by atoms with Crippen LogP contribution in [0, 0.1) is 17.1 Å². The van der Waals surface area contributed by atoms with Crippen molar-refractivity contribution in [2.24, 2.45) is 0 Å². The van der Waals surface area contributed by atoms with E-state index in [0.717, 1.165) is 42.5 Å². The molecule has 3 aromatic carbocycles. The summed E-state index contributed by atoms with van der Waals surface area (Å²) in [5.41, 5.74) is 4.34. The number of nitrogens with zero attached hydrogens (tertiary/aromatic N) is 4. The van der Waals surface area contributed by atoms with Crippen molar-refractivity contribution in [1.29, 1.82) is 5.26 Å². The molecule has 0 bridgehead atoms. The van der Waals surface area contributed by atoms with Gasteiger partial charge in [0.1, 0.15) is 35.5 Å². The Bertz CT molecular complexity index is 1790. The first-order valence-electron chi connectivity index (χ1n) is 14.3. The van der Waals surface area contributed by atoms with E-state index in [2.05, 4.69) is 0 Å². The molecule has 1 saturated carbocycles. The Kier molecular flexibility index (Phi) is 7.71. The maximum atomic E-state index is 13.8. The molecule has 2 amide bonds. The van der Waals surface area contributed by atoms with Gasteiger partial charge in [-0.2, -0.15) is 10.4 Å². The van der Waals surface area contributed by atoms with Crippen LogP contribution in [0.25, 0.3) is 23.0 Å². The molecule has 0 spiro atoms. The summed E-state index contributed by atoms with van der Waals surface area (Å²) < 4.78 is 21.1. The number of halogens is 1. The Balaban J connectivity index is 1.42. The number of hydrogen-bond acceptors (Lipinski definition) is 5. The Morgan fingerprint density at radius 3 is 2.47 bits per heavy atom. The number of hydrogen-bond donors (Lipinski definition) is 0. The molecule has 43 heavy (non-hydrogen) atoms. The van der Waals surface area contributed by atoms with Crippen LogP contribution in [0.4, 0.5) is 4.39 Å². The van der Waals surface area contributed by atoms with Crippen LogP contribution in [0.5, 0.6) is 5.75 Å². The zero-order chi connectivity index (χ0) is 29.9. The lowest BCUT2D eigenvalue weighted by Gasteiger charge is -2.32. The number of aromatic nitrogens is 2. The average Bonchev–Trinajstić information content (AvgIpc) is 3.71. The van der Waals surface area contributed by atoms with Crippen molar-refractivity contribution in [2.45, 2.75) is 45.3 Å². The Morgan fingerprint density at radius 1 is 1.00 bits per heavy atom. The molecule has 0 unspecified atom stereocenters. The summed E-state index contributed by atoms with van der Waals surface area (Å²) in [7, 11) is 0. The average molecular weight is 573 g/mol. The van der Waals surface area contributed by atoms with Gasteiger partial charge in [0.2, 0.25) is 0 Å². The fraction of sp³-hybridized carbons (Fsp3) is 0.200. The highest BCUT2D eigenvalue weighted by molar-refractivity contribution is 6.20. The van der Waals surface area contributed by atoms with Gasteiger partial charge in [0.05, 0.1) is 5.69 Å². The summed E-state index contributed by atoms with van der Waals surface area (Å²) in [5.74, 6) is -0.603. The smallest absolute Gasteiger partial charge is 0.271 e. The molecule has 0 saturated heterocycles. The SMILES string of the molecule is CC1=C(C#N)C(=O)N(C2CCCC2)C(=O)/C1=C/c1cn(-c2ccccc2)nc1-c1cccc(OCc2ccc(F)cc2)c1. The second kappa shape index (κ2) is 11.9. The van der Waals surface area contributed by atoms with Gasteiger partial charge in [-0.05, 0) is 73.4 Å². The predicted octanol–water partition coefficient (Wildman–Crippen LogP) is 6.79. The van der Waals surface area contributed by atoms with Crippen LogP contribution in [0.1, 0.15) is 43.7 Å². The number of imide groups is 1. The third-order valence-electron chi connectivity index (χ3n) is 7.95. The lowest BCUT2D eigenvalue weighted by molar-refractivity contribution is -0.143. The topological polar surface area (TPSA) is 88.2 Å². The monoisotopic (exact) mass is 572 g/mol.